The van der Waals surface area contributed by atoms with Crippen molar-refractivity contribution in [3.05, 3.63) is 47.4 Å². The minimum absolute atomic E-state index is 0.0138. The van der Waals surface area contributed by atoms with E-state index < -0.39 is 6.10 Å². The van der Waals surface area contributed by atoms with Gasteiger partial charge in [0.1, 0.15) is 5.82 Å². The van der Waals surface area contributed by atoms with Gasteiger partial charge in [0.25, 0.3) is 0 Å². The van der Waals surface area contributed by atoms with Crippen LogP contribution in [0, 0.1) is 5.82 Å². The number of ether oxygens (including phenoxy) is 1. The summed E-state index contributed by atoms with van der Waals surface area (Å²) in [5, 5.41) is 13.9. The fourth-order valence-electron chi connectivity index (χ4n) is 2.91. The zero-order valence-corrected chi connectivity index (χ0v) is 13.0. The van der Waals surface area contributed by atoms with Crippen LogP contribution in [-0.4, -0.2) is 46.5 Å². The first-order valence-corrected chi connectivity index (χ1v) is 7.63. The summed E-state index contributed by atoms with van der Waals surface area (Å²) in [7, 11) is 1.62. The van der Waals surface area contributed by atoms with Crippen molar-refractivity contribution in [3.8, 4) is 0 Å². The molecule has 23 heavy (non-hydrogen) atoms. The van der Waals surface area contributed by atoms with Crippen molar-refractivity contribution in [3.63, 3.8) is 0 Å². The summed E-state index contributed by atoms with van der Waals surface area (Å²) in [6.45, 7) is 1.52. The number of rotatable bonds is 6. The molecule has 6 nitrogen and oxygen atoms in total. The average molecular weight is 321 g/mol. The van der Waals surface area contributed by atoms with Gasteiger partial charge in [-0.2, -0.15) is 4.98 Å². The van der Waals surface area contributed by atoms with Crippen LogP contribution in [0.25, 0.3) is 0 Å². The van der Waals surface area contributed by atoms with Crippen LogP contribution >= 0.6 is 0 Å². The van der Waals surface area contributed by atoms with Crippen LogP contribution in [0.3, 0.4) is 0 Å². The SMILES string of the molecule is COCCc1noc(CN2C[C@H](O)C[C@H]2c2ccc(F)cc2)n1. The van der Waals surface area contributed by atoms with E-state index in [1.165, 1.54) is 12.1 Å². The third-order valence-corrected chi connectivity index (χ3v) is 4.01. The van der Waals surface area contributed by atoms with Gasteiger partial charge >= 0.3 is 0 Å². The molecule has 1 fully saturated rings. The summed E-state index contributed by atoms with van der Waals surface area (Å²) in [6, 6.07) is 6.40. The van der Waals surface area contributed by atoms with Crippen LogP contribution in [0.5, 0.6) is 0 Å². The Balaban J connectivity index is 1.69. The van der Waals surface area contributed by atoms with Gasteiger partial charge in [0.2, 0.25) is 5.89 Å². The van der Waals surface area contributed by atoms with Gasteiger partial charge in [-0.1, -0.05) is 17.3 Å². The third-order valence-electron chi connectivity index (χ3n) is 4.01. The molecule has 1 N–H and O–H groups in total. The molecule has 1 aromatic heterocycles. The summed E-state index contributed by atoms with van der Waals surface area (Å²) >= 11 is 0. The first-order valence-electron chi connectivity index (χ1n) is 7.63. The minimum atomic E-state index is -0.416. The van der Waals surface area contributed by atoms with E-state index in [1.807, 2.05) is 0 Å². The van der Waals surface area contributed by atoms with E-state index in [2.05, 4.69) is 15.0 Å². The van der Waals surface area contributed by atoms with Gasteiger partial charge in [-0.3, -0.25) is 4.90 Å². The highest BCUT2D eigenvalue weighted by molar-refractivity contribution is 5.21. The molecule has 0 unspecified atom stereocenters. The second kappa shape index (κ2) is 7.16. The Morgan fingerprint density at radius 1 is 1.39 bits per heavy atom. The van der Waals surface area contributed by atoms with Crippen LogP contribution in [0.2, 0.25) is 0 Å². The molecule has 0 aliphatic carbocycles. The molecule has 0 amide bonds. The highest BCUT2D eigenvalue weighted by atomic mass is 19.1. The molecule has 0 radical (unpaired) electrons. The maximum absolute atomic E-state index is 13.1. The smallest absolute Gasteiger partial charge is 0.240 e. The summed E-state index contributed by atoms with van der Waals surface area (Å²) < 4.78 is 23.3. The molecule has 1 aromatic carbocycles. The Morgan fingerprint density at radius 2 is 2.17 bits per heavy atom. The van der Waals surface area contributed by atoms with Gasteiger partial charge < -0.3 is 14.4 Å². The highest BCUT2D eigenvalue weighted by Gasteiger charge is 2.33. The van der Waals surface area contributed by atoms with Gasteiger partial charge in [-0.15, -0.1) is 0 Å². The molecule has 3 rings (SSSR count). The van der Waals surface area contributed by atoms with Crippen LogP contribution in [0.1, 0.15) is 29.7 Å². The first-order chi connectivity index (χ1) is 11.2. The van der Waals surface area contributed by atoms with E-state index in [0.29, 0.717) is 44.3 Å². The number of aliphatic hydroxyl groups is 1. The number of β-amino-alcohol motifs (C(OH)–C–C–N with tert-alkyl or cyclic N) is 1. The number of likely N-dealkylation sites (tertiary alicyclic amines) is 1. The van der Waals surface area contributed by atoms with Crippen molar-refractivity contribution in [1.82, 2.24) is 15.0 Å². The summed E-state index contributed by atoms with van der Waals surface area (Å²) in [5.41, 5.74) is 0.974. The predicted molar refractivity (Wildman–Crippen MR) is 80.1 cm³/mol. The maximum atomic E-state index is 13.1. The average Bonchev–Trinajstić information content (AvgIpc) is 3.13. The van der Waals surface area contributed by atoms with E-state index in [4.69, 9.17) is 9.26 Å². The molecule has 0 saturated carbocycles. The van der Waals surface area contributed by atoms with Crippen molar-refractivity contribution < 1.29 is 18.8 Å². The number of halogens is 1. The molecule has 7 heteroatoms. The molecule has 1 saturated heterocycles. The second-order valence-corrected chi connectivity index (χ2v) is 5.73. The van der Waals surface area contributed by atoms with Crippen LogP contribution in [0.4, 0.5) is 4.39 Å². The zero-order valence-electron chi connectivity index (χ0n) is 13.0. The number of nitrogens with zero attached hydrogens (tertiary/aromatic N) is 3. The van der Waals surface area contributed by atoms with Crippen molar-refractivity contribution in [1.29, 1.82) is 0 Å². The molecular formula is C16H20FN3O3. The van der Waals surface area contributed by atoms with Crippen LogP contribution in [-0.2, 0) is 17.7 Å². The second-order valence-electron chi connectivity index (χ2n) is 5.73. The Bertz CT molecular complexity index is 632. The van der Waals surface area contributed by atoms with Gasteiger partial charge in [-0.25, -0.2) is 4.39 Å². The molecule has 124 valence electrons. The van der Waals surface area contributed by atoms with Gasteiger partial charge in [-0.05, 0) is 24.1 Å². The number of methoxy groups -OCH3 is 1. The normalized spacial score (nSPS) is 21.9. The van der Waals surface area contributed by atoms with Crippen LogP contribution < -0.4 is 0 Å². The molecule has 1 aliphatic heterocycles. The number of aliphatic hydroxyl groups excluding tert-OH is 1. The van der Waals surface area contributed by atoms with Gasteiger partial charge in [0.15, 0.2) is 5.82 Å². The lowest BCUT2D eigenvalue weighted by Crippen LogP contribution is -2.24. The van der Waals surface area contributed by atoms with Crippen molar-refractivity contribution in [2.45, 2.75) is 31.5 Å². The van der Waals surface area contributed by atoms with E-state index >= 15 is 0 Å². The molecule has 2 heterocycles. The molecule has 2 aromatic rings. The first kappa shape index (κ1) is 16.0. The fourth-order valence-corrected chi connectivity index (χ4v) is 2.91. The molecule has 0 bridgehead atoms. The number of benzene rings is 1. The van der Waals surface area contributed by atoms with Crippen LogP contribution in [0.15, 0.2) is 28.8 Å². The highest BCUT2D eigenvalue weighted by Crippen LogP contribution is 2.33. The Hall–Kier alpha value is -1.83. The van der Waals surface area contributed by atoms with Gasteiger partial charge in [0.05, 0.1) is 19.3 Å². The molecular weight excluding hydrogens is 301 g/mol. The van der Waals surface area contributed by atoms with Crippen molar-refractivity contribution in [2.75, 3.05) is 20.3 Å². The van der Waals surface area contributed by atoms with Crippen molar-refractivity contribution >= 4 is 0 Å². The Morgan fingerprint density at radius 3 is 2.91 bits per heavy atom. The monoisotopic (exact) mass is 321 g/mol. The minimum Gasteiger partial charge on any atom is -0.392 e. The lowest BCUT2D eigenvalue weighted by atomic mass is 10.0. The van der Waals surface area contributed by atoms with E-state index in [0.717, 1.165) is 5.56 Å². The Kier molecular flexibility index (Phi) is 5.00. The van der Waals surface area contributed by atoms with E-state index in [-0.39, 0.29) is 11.9 Å². The molecule has 2 atom stereocenters. The number of hydrogen-bond acceptors (Lipinski definition) is 6. The Labute approximate surface area is 133 Å². The summed E-state index contributed by atoms with van der Waals surface area (Å²) in [4.78, 5) is 6.41. The quantitative estimate of drug-likeness (QED) is 0.873. The van der Waals surface area contributed by atoms with Gasteiger partial charge in [0, 0.05) is 26.1 Å². The largest absolute Gasteiger partial charge is 0.392 e. The van der Waals surface area contributed by atoms with Crippen molar-refractivity contribution in [2.24, 2.45) is 0 Å². The third kappa shape index (κ3) is 3.93. The summed E-state index contributed by atoms with van der Waals surface area (Å²) in [6.07, 6.45) is 0.793. The number of hydrogen-bond donors (Lipinski definition) is 1. The lowest BCUT2D eigenvalue weighted by Gasteiger charge is -2.22. The lowest BCUT2D eigenvalue weighted by molar-refractivity contribution is 0.164. The van der Waals surface area contributed by atoms with E-state index in [9.17, 15) is 9.50 Å². The molecule has 1 aliphatic rings. The topological polar surface area (TPSA) is 71.6 Å². The maximum Gasteiger partial charge on any atom is 0.240 e. The molecule has 0 spiro atoms. The predicted octanol–water partition coefficient (Wildman–Crippen LogP) is 1.71. The fraction of sp³-hybridized carbons (Fsp3) is 0.500. The number of aromatic nitrogens is 2. The zero-order chi connectivity index (χ0) is 16.2. The standard InChI is InChI=1S/C16H20FN3O3/c1-22-7-6-15-18-16(23-19-15)10-20-9-13(21)8-14(20)11-2-4-12(17)5-3-11/h2-5,13-14,21H,6-10H2,1H3/t13-,14+/m1/s1. The summed E-state index contributed by atoms with van der Waals surface area (Å²) in [5.74, 6) is 0.857. The van der Waals surface area contributed by atoms with E-state index in [1.54, 1.807) is 19.2 Å².